The highest BCUT2D eigenvalue weighted by molar-refractivity contribution is 4.79. The maximum Gasteiger partial charge on any atom is 0.342 e. The van der Waals surface area contributed by atoms with Crippen LogP contribution in [0.4, 0.5) is 0 Å². The Morgan fingerprint density at radius 1 is 1.78 bits per heavy atom. The Morgan fingerprint density at radius 2 is 2.44 bits per heavy atom. The van der Waals surface area contributed by atoms with E-state index in [4.69, 9.17) is 0 Å². The normalized spacial score (nSPS) is 10.0. The van der Waals surface area contributed by atoms with Crippen LogP contribution in [0.25, 0.3) is 0 Å². The first-order valence-electron chi connectivity index (χ1n) is 2.86. The van der Waals surface area contributed by atoms with Gasteiger partial charge in [-0.05, 0) is 0 Å². The van der Waals surface area contributed by atoms with E-state index >= 15 is 0 Å². The van der Waals surface area contributed by atoms with Gasteiger partial charge < -0.3 is 0 Å². The van der Waals surface area contributed by atoms with Gasteiger partial charge in [0.2, 0.25) is 0 Å². The molecule has 4 heteroatoms. The van der Waals surface area contributed by atoms with Gasteiger partial charge in [-0.15, -0.1) is 0 Å². The number of H-pyrrole nitrogens is 1. The van der Waals surface area contributed by atoms with Crippen LogP contribution in [-0.2, 0) is 13.5 Å². The van der Waals surface area contributed by atoms with Gasteiger partial charge in [-0.1, -0.05) is 6.92 Å². The van der Waals surface area contributed by atoms with E-state index in [1.807, 2.05) is 6.92 Å². The van der Waals surface area contributed by atoms with E-state index in [2.05, 4.69) is 10.1 Å². The Hall–Kier alpha value is -1.06. The molecular formula is C5H9N3O. The SMILES string of the molecule is CCc1nn(C)c(=O)[nH]1. The molecule has 0 saturated heterocycles. The topological polar surface area (TPSA) is 50.7 Å². The van der Waals surface area contributed by atoms with Gasteiger partial charge >= 0.3 is 5.69 Å². The van der Waals surface area contributed by atoms with Crippen LogP contribution < -0.4 is 5.69 Å². The van der Waals surface area contributed by atoms with Crippen LogP contribution in [-0.4, -0.2) is 14.8 Å². The molecular weight excluding hydrogens is 118 g/mol. The molecule has 50 valence electrons. The minimum atomic E-state index is -0.146. The lowest BCUT2D eigenvalue weighted by Crippen LogP contribution is -2.13. The smallest absolute Gasteiger partial charge is 0.293 e. The largest absolute Gasteiger partial charge is 0.342 e. The van der Waals surface area contributed by atoms with Crippen molar-refractivity contribution in [1.82, 2.24) is 14.8 Å². The van der Waals surface area contributed by atoms with Crippen LogP contribution in [0.5, 0.6) is 0 Å². The van der Waals surface area contributed by atoms with E-state index in [0.29, 0.717) is 0 Å². The summed E-state index contributed by atoms with van der Waals surface area (Å²) in [6.45, 7) is 1.94. The Labute approximate surface area is 52.5 Å². The third kappa shape index (κ3) is 1.01. The summed E-state index contributed by atoms with van der Waals surface area (Å²) in [5.74, 6) is 0.738. The van der Waals surface area contributed by atoms with E-state index in [-0.39, 0.29) is 5.69 Å². The number of nitrogens with zero attached hydrogens (tertiary/aromatic N) is 2. The molecule has 0 amide bonds. The van der Waals surface area contributed by atoms with Crippen molar-refractivity contribution in [2.45, 2.75) is 13.3 Å². The molecule has 4 nitrogen and oxygen atoms in total. The van der Waals surface area contributed by atoms with Gasteiger partial charge in [-0.25, -0.2) is 9.48 Å². The van der Waals surface area contributed by atoms with Gasteiger partial charge in [0.25, 0.3) is 0 Å². The molecule has 0 aliphatic rings. The quantitative estimate of drug-likeness (QED) is 0.561. The average molecular weight is 127 g/mol. The van der Waals surface area contributed by atoms with Crippen LogP contribution in [0, 0.1) is 0 Å². The lowest BCUT2D eigenvalue weighted by Gasteiger charge is -1.80. The van der Waals surface area contributed by atoms with Gasteiger partial charge in [-0.2, -0.15) is 5.10 Å². The van der Waals surface area contributed by atoms with Gasteiger partial charge in [0.15, 0.2) is 0 Å². The number of aryl methyl sites for hydroxylation is 2. The number of aromatic nitrogens is 3. The van der Waals surface area contributed by atoms with E-state index in [0.717, 1.165) is 12.2 Å². The Kier molecular flexibility index (Phi) is 1.38. The van der Waals surface area contributed by atoms with E-state index in [9.17, 15) is 4.79 Å². The first kappa shape index (κ1) is 6.07. The van der Waals surface area contributed by atoms with Gasteiger partial charge in [0, 0.05) is 13.5 Å². The lowest BCUT2D eigenvalue weighted by molar-refractivity contribution is 0.721. The molecule has 0 fully saturated rings. The summed E-state index contributed by atoms with van der Waals surface area (Å²) in [4.78, 5) is 13.2. The summed E-state index contributed by atoms with van der Waals surface area (Å²) < 4.78 is 1.29. The highest BCUT2D eigenvalue weighted by atomic mass is 16.1. The Morgan fingerprint density at radius 3 is 2.67 bits per heavy atom. The molecule has 0 spiro atoms. The summed E-state index contributed by atoms with van der Waals surface area (Å²) in [5, 5.41) is 3.88. The molecule has 1 aromatic heterocycles. The van der Waals surface area contributed by atoms with Crippen molar-refractivity contribution in [1.29, 1.82) is 0 Å². The molecule has 1 rings (SSSR count). The van der Waals surface area contributed by atoms with Crippen LogP contribution in [0.3, 0.4) is 0 Å². The first-order chi connectivity index (χ1) is 4.24. The summed E-state index contributed by atoms with van der Waals surface area (Å²) in [5.41, 5.74) is -0.146. The molecule has 0 unspecified atom stereocenters. The third-order valence-corrected chi connectivity index (χ3v) is 1.15. The zero-order valence-electron chi connectivity index (χ0n) is 5.51. The minimum absolute atomic E-state index is 0.146. The number of nitrogens with one attached hydrogen (secondary N) is 1. The molecule has 0 saturated carbocycles. The predicted octanol–water partition coefficient (Wildman–Crippen LogP) is -0.329. The molecule has 0 bridgehead atoms. The van der Waals surface area contributed by atoms with Crippen molar-refractivity contribution in [2.75, 3.05) is 0 Å². The first-order valence-corrected chi connectivity index (χ1v) is 2.86. The van der Waals surface area contributed by atoms with Crippen molar-refractivity contribution in [3.05, 3.63) is 16.3 Å². The summed E-state index contributed by atoms with van der Waals surface area (Å²) in [6.07, 6.45) is 0.774. The zero-order chi connectivity index (χ0) is 6.85. The molecule has 1 N–H and O–H groups in total. The van der Waals surface area contributed by atoms with Crippen molar-refractivity contribution in [2.24, 2.45) is 7.05 Å². The predicted molar refractivity (Wildman–Crippen MR) is 33.2 cm³/mol. The molecule has 0 radical (unpaired) electrons. The Balaban J connectivity index is 3.13. The van der Waals surface area contributed by atoms with Crippen molar-refractivity contribution < 1.29 is 0 Å². The van der Waals surface area contributed by atoms with E-state index in [1.165, 1.54) is 4.68 Å². The summed E-state index contributed by atoms with van der Waals surface area (Å²) in [6, 6.07) is 0. The highest BCUT2D eigenvalue weighted by Crippen LogP contribution is 1.81. The molecule has 1 aromatic rings. The van der Waals surface area contributed by atoms with E-state index < -0.39 is 0 Å². The number of rotatable bonds is 1. The summed E-state index contributed by atoms with van der Waals surface area (Å²) >= 11 is 0. The third-order valence-electron chi connectivity index (χ3n) is 1.15. The fraction of sp³-hybridized carbons (Fsp3) is 0.600. The van der Waals surface area contributed by atoms with E-state index in [1.54, 1.807) is 7.05 Å². The average Bonchev–Trinajstić information content (AvgIpc) is 2.13. The van der Waals surface area contributed by atoms with Crippen molar-refractivity contribution >= 4 is 0 Å². The number of hydrogen-bond acceptors (Lipinski definition) is 2. The molecule has 0 aliphatic carbocycles. The monoisotopic (exact) mass is 127 g/mol. The van der Waals surface area contributed by atoms with Crippen molar-refractivity contribution in [3.63, 3.8) is 0 Å². The van der Waals surface area contributed by atoms with Crippen molar-refractivity contribution in [3.8, 4) is 0 Å². The number of aromatic amines is 1. The molecule has 9 heavy (non-hydrogen) atoms. The minimum Gasteiger partial charge on any atom is -0.293 e. The maximum atomic E-state index is 10.6. The second kappa shape index (κ2) is 2.05. The van der Waals surface area contributed by atoms with Crippen LogP contribution in [0.15, 0.2) is 4.79 Å². The lowest BCUT2D eigenvalue weighted by atomic mass is 10.5. The molecule has 0 aromatic carbocycles. The second-order valence-corrected chi connectivity index (χ2v) is 1.85. The fourth-order valence-electron chi connectivity index (χ4n) is 0.615. The molecule has 1 heterocycles. The van der Waals surface area contributed by atoms with Crippen LogP contribution >= 0.6 is 0 Å². The van der Waals surface area contributed by atoms with Crippen LogP contribution in [0.1, 0.15) is 12.7 Å². The zero-order valence-corrected chi connectivity index (χ0v) is 5.51. The molecule has 0 atom stereocenters. The highest BCUT2D eigenvalue weighted by Gasteiger charge is 1.95. The summed E-state index contributed by atoms with van der Waals surface area (Å²) in [7, 11) is 1.62. The maximum absolute atomic E-state index is 10.6. The fourth-order valence-corrected chi connectivity index (χ4v) is 0.615. The van der Waals surface area contributed by atoms with Gasteiger partial charge in [-0.3, -0.25) is 4.98 Å². The Bertz CT molecular complexity index is 247. The van der Waals surface area contributed by atoms with Gasteiger partial charge in [0.1, 0.15) is 5.82 Å². The standard InChI is InChI=1S/C5H9N3O/c1-3-4-6-5(9)8(2)7-4/h3H2,1-2H3,(H,6,7,9). The van der Waals surface area contributed by atoms with Crippen LogP contribution in [0.2, 0.25) is 0 Å². The molecule has 0 aliphatic heterocycles. The van der Waals surface area contributed by atoms with Gasteiger partial charge in [0.05, 0.1) is 0 Å². The number of hydrogen-bond donors (Lipinski definition) is 1. The second-order valence-electron chi connectivity index (χ2n) is 1.85.